The van der Waals surface area contributed by atoms with Crippen LogP contribution in [0.25, 0.3) is 10.9 Å². The molecule has 0 spiro atoms. The van der Waals surface area contributed by atoms with Crippen LogP contribution >= 0.6 is 0 Å². The van der Waals surface area contributed by atoms with Crippen LogP contribution in [0, 0.1) is 6.92 Å². The summed E-state index contributed by atoms with van der Waals surface area (Å²) in [5.74, 6) is -0.0735. The summed E-state index contributed by atoms with van der Waals surface area (Å²) < 4.78 is 0. The van der Waals surface area contributed by atoms with Gasteiger partial charge < -0.3 is 5.32 Å². The third kappa shape index (κ3) is 2.97. The molecule has 0 saturated heterocycles. The van der Waals surface area contributed by atoms with E-state index in [0.717, 1.165) is 23.0 Å². The van der Waals surface area contributed by atoms with Crippen LogP contribution in [-0.2, 0) is 0 Å². The van der Waals surface area contributed by atoms with E-state index in [1.807, 2.05) is 37.3 Å². The number of aryl methyl sites for hydroxylation is 1. The monoisotopic (exact) mass is 280 g/mol. The molecule has 0 fully saturated rings. The number of amides is 1. The highest BCUT2D eigenvalue weighted by molar-refractivity contribution is 6.06. The Bertz CT molecular complexity index is 724. The van der Waals surface area contributed by atoms with Crippen LogP contribution < -0.4 is 5.32 Å². The highest BCUT2D eigenvalue weighted by Crippen LogP contribution is 2.18. The molecule has 5 nitrogen and oxygen atoms in total. The highest BCUT2D eigenvalue weighted by Gasteiger charge is 2.12. The minimum Gasteiger partial charge on any atom is -0.352 e. The van der Waals surface area contributed by atoms with E-state index in [4.69, 9.17) is 0 Å². The largest absolute Gasteiger partial charge is 0.352 e. The first kappa shape index (κ1) is 13.4. The zero-order valence-corrected chi connectivity index (χ0v) is 11.8. The number of nitrogens with zero attached hydrogens (tertiary/aromatic N) is 3. The maximum atomic E-state index is 12.4. The Morgan fingerprint density at radius 2 is 2.19 bits per heavy atom. The smallest absolute Gasteiger partial charge is 0.252 e. The number of rotatable bonds is 4. The first-order valence-corrected chi connectivity index (χ1v) is 6.93. The van der Waals surface area contributed by atoms with Crippen molar-refractivity contribution in [3.05, 3.63) is 41.6 Å². The molecule has 1 aromatic heterocycles. The van der Waals surface area contributed by atoms with Crippen molar-refractivity contribution in [1.82, 2.24) is 10.3 Å². The van der Waals surface area contributed by atoms with Crippen molar-refractivity contribution < 1.29 is 4.79 Å². The van der Waals surface area contributed by atoms with Gasteiger partial charge in [-0.2, -0.15) is 0 Å². The summed E-state index contributed by atoms with van der Waals surface area (Å²) in [4.78, 5) is 24.9. The van der Waals surface area contributed by atoms with E-state index in [2.05, 4.69) is 20.3 Å². The normalized spacial score (nSPS) is 16.5. The van der Waals surface area contributed by atoms with Crippen molar-refractivity contribution in [1.29, 1.82) is 0 Å². The molecule has 1 amide bonds. The Kier molecular flexibility index (Phi) is 3.73. The van der Waals surface area contributed by atoms with Gasteiger partial charge in [-0.05, 0) is 25.5 Å². The summed E-state index contributed by atoms with van der Waals surface area (Å²) >= 11 is 0. The Morgan fingerprint density at radius 1 is 1.33 bits per heavy atom. The number of pyridine rings is 1. The van der Waals surface area contributed by atoms with E-state index in [1.165, 1.54) is 0 Å². The SMILES string of the molecule is Cc1cc(C(=O)NCCC2C=NC=N2)c2ccccc2n1. The zero-order chi connectivity index (χ0) is 14.7. The van der Waals surface area contributed by atoms with Crippen LogP contribution in [0.15, 0.2) is 40.3 Å². The molecule has 5 heteroatoms. The van der Waals surface area contributed by atoms with E-state index in [1.54, 1.807) is 12.6 Å². The van der Waals surface area contributed by atoms with Crippen LogP contribution in [0.4, 0.5) is 0 Å². The van der Waals surface area contributed by atoms with E-state index >= 15 is 0 Å². The summed E-state index contributed by atoms with van der Waals surface area (Å²) in [6, 6.07) is 9.59. The molecule has 1 aromatic carbocycles. The molecule has 1 aliphatic heterocycles. The highest BCUT2D eigenvalue weighted by atomic mass is 16.1. The lowest BCUT2D eigenvalue weighted by Crippen LogP contribution is -2.27. The van der Waals surface area contributed by atoms with Crippen molar-refractivity contribution in [2.75, 3.05) is 6.54 Å². The lowest BCUT2D eigenvalue weighted by Gasteiger charge is -2.09. The molecule has 1 atom stereocenters. The second-order valence-electron chi connectivity index (χ2n) is 5.00. The number of aliphatic imine (C=N–C) groups is 2. The maximum absolute atomic E-state index is 12.4. The van der Waals surface area contributed by atoms with Gasteiger partial charge in [-0.15, -0.1) is 0 Å². The third-order valence-corrected chi connectivity index (χ3v) is 3.40. The minimum absolute atomic E-state index is 0.0735. The van der Waals surface area contributed by atoms with Gasteiger partial charge in [0, 0.05) is 23.8 Å². The molecule has 2 heterocycles. The molecular weight excluding hydrogens is 264 g/mol. The van der Waals surface area contributed by atoms with E-state index < -0.39 is 0 Å². The Morgan fingerprint density at radius 3 is 3.00 bits per heavy atom. The van der Waals surface area contributed by atoms with Gasteiger partial charge in [0.1, 0.15) is 6.34 Å². The fraction of sp³-hybridized carbons (Fsp3) is 0.250. The van der Waals surface area contributed by atoms with Crippen LogP contribution in [0.1, 0.15) is 22.5 Å². The maximum Gasteiger partial charge on any atom is 0.252 e. The predicted molar refractivity (Wildman–Crippen MR) is 84.2 cm³/mol. The van der Waals surface area contributed by atoms with Gasteiger partial charge in [0.15, 0.2) is 0 Å². The number of carbonyl (C=O) groups is 1. The number of carbonyl (C=O) groups excluding carboxylic acids is 1. The minimum atomic E-state index is -0.0735. The standard InChI is InChI=1S/C16H16N4O/c1-11-8-14(13-4-2-3-5-15(13)20-11)16(21)18-7-6-12-9-17-10-19-12/h2-5,8-10,12H,6-7H2,1H3,(H,18,21). The summed E-state index contributed by atoms with van der Waals surface area (Å²) in [6.45, 7) is 2.47. The van der Waals surface area contributed by atoms with Crippen molar-refractivity contribution in [3.63, 3.8) is 0 Å². The zero-order valence-electron chi connectivity index (χ0n) is 11.8. The van der Waals surface area contributed by atoms with Crippen LogP contribution in [0.3, 0.4) is 0 Å². The molecule has 1 unspecified atom stereocenters. The molecule has 0 aliphatic carbocycles. The van der Waals surface area contributed by atoms with Crippen LogP contribution in [-0.4, -0.2) is 36.0 Å². The Labute approximate surface area is 122 Å². The van der Waals surface area contributed by atoms with Crippen molar-refractivity contribution in [2.45, 2.75) is 19.4 Å². The number of fused-ring (bicyclic) bond motifs is 1. The molecule has 0 bridgehead atoms. The van der Waals surface area contributed by atoms with Crippen molar-refractivity contribution >= 4 is 29.4 Å². The van der Waals surface area contributed by atoms with Gasteiger partial charge in [-0.1, -0.05) is 18.2 Å². The van der Waals surface area contributed by atoms with E-state index in [-0.39, 0.29) is 11.9 Å². The fourth-order valence-corrected chi connectivity index (χ4v) is 2.37. The Balaban J connectivity index is 1.74. The van der Waals surface area contributed by atoms with E-state index in [0.29, 0.717) is 12.1 Å². The van der Waals surface area contributed by atoms with Crippen molar-refractivity contribution in [3.8, 4) is 0 Å². The molecular formula is C16H16N4O. The van der Waals surface area contributed by atoms with Gasteiger partial charge in [-0.3, -0.25) is 14.8 Å². The molecule has 0 saturated carbocycles. The average Bonchev–Trinajstić information content (AvgIpc) is 2.99. The quantitative estimate of drug-likeness (QED) is 0.932. The first-order chi connectivity index (χ1) is 10.2. The third-order valence-electron chi connectivity index (χ3n) is 3.40. The number of hydrogen-bond acceptors (Lipinski definition) is 4. The number of para-hydroxylation sites is 1. The van der Waals surface area contributed by atoms with E-state index in [9.17, 15) is 4.79 Å². The summed E-state index contributed by atoms with van der Waals surface area (Å²) in [6.07, 6.45) is 4.10. The topological polar surface area (TPSA) is 66.7 Å². The fourth-order valence-electron chi connectivity index (χ4n) is 2.37. The second-order valence-corrected chi connectivity index (χ2v) is 5.00. The van der Waals surface area contributed by atoms with Gasteiger partial charge in [0.2, 0.25) is 0 Å². The van der Waals surface area contributed by atoms with Crippen LogP contribution in [0.2, 0.25) is 0 Å². The van der Waals surface area contributed by atoms with Crippen molar-refractivity contribution in [2.24, 2.45) is 9.98 Å². The number of aromatic nitrogens is 1. The number of hydrogen-bond donors (Lipinski definition) is 1. The lowest BCUT2D eigenvalue weighted by atomic mass is 10.1. The predicted octanol–water partition coefficient (Wildman–Crippen LogP) is 2.14. The average molecular weight is 280 g/mol. The molecule has 3 rings (SSSR count). The molecule has 1 aliphatic rings. The summed E-state index contributed by atoms with van der Waals surface area (Å²) in [7, 11) is 0. The van der Waals surface area contributed by atoms with Gasteiger partial charge in [-0.25, -0.2) is 4.99 Å². The summed E-state index contributed by atoms with van der Waals surface area (Å²) in [5.41, 5.74) is 2.35. The molecule has 0 radical (unpaired) electrons. The second kappa shape index (κ2) is 5.83. The first-order valence-electron chi connectivity index (χ1n) is 6.93. The van der Waals surface area contributed by atoms with Gasteiger partial charge in [0.05, 0.1) is 17.1 Å². The molecule has 2 aromatic rings. The number of nitrogens with one attached hydrogen (secondary N) is 1. The molecule has 1 N–H and O–H groups in total. The molecule has 21 heavy (non-hydrogen) atoms. The molecule has 106 valence electrons. The lowest BCUT2D eigenvalue weighted by molar-refractivity contribution is 0.0954. The summed E-state index contributed by atoms with van der Waals surface area (Å²) in [5, 5.41) is 3.82. The van der Waals surface area contributed by atoms with Crippen LogP contribution in [0.5, 0.6) is 0 Å². The van der Waals surface area contributed by atoms with Gasteiger partial charge >= 0.3 is 0 Å². The number of benzene rings is 1. The Hall–Kier alpha value is -2.56. The van der Waals surface area contributed by atoms with Gasteiger partial charge in [0.25, 0.3) is 5.91 Å².